The van der Waals surface area contributed by atoms with Crippen LogP contribution in [0.15, 0.2) is 42.5 Å². The summed E-state index contributed by atoms with van der Waals surface area (Å²) in [4.78, 5) is 5.14. The first-order valence-electron chi connectivity index (χ1n) is 8.97. The summed E-state index contributed by atoms with van der Waals surface area (Å²) in [7, 11) is 0. The van der Waals surface area contributed by atoms with Crippen molar-refractivity contribution in [3.8, 4) is 0 Å². The van der Waals surface area contributed by atoms with Crippen LogP contribution >= 0.6 is 0 Å². The fraction of sp³-hybridized carbons (Fsp3) is 0.500. The van der Waals surface area contributed by atoms with E-state index in [1.165, 1.54) is 42.1 Å². The summed E-state index contributed by atoms with van der Waals surface area (Å²) in [6, 6.07) is 16.7. The van der Waals surface area contributed by atoms with Gasteiger partial charge >= 0.3 is 0 Å². The number of nitrogens with zero attached hydrogens (tertiary/aromatic N) is 2. The van der Waals surface area contributed by atoms with E-state index in [0.717, 1.165) is 19.6 Å². The molecule has 1 saturated carbocycles. The van der Waals surface area contributed by atoms with Gasteiger partial charge in [0.2, 0.25) is 0 Å². The van der Waals surface area contributed by atoms with Gasteiger partial charge in [-0.3, -0.25) is 4.90 Å². The van der Waals surface area contributed by atoms with E-state index in [0.29, 0.717) is 12.1 Å². The van der Waals surface area contributed by atoms with Crippen molar-refractivity contribution in [1.29, 1.82) is 0 Å². The molecule has 3 heteroatoms. The Bertz CT molecular complexity index is 671. The number of rotatable bonds is 3. The van der Waals surface area contributed by atoms with E-state index in [1.54, 1.807) is 0 Å². The summed E-state index contributed by atoms with van der Waals surface area (Å²) >= 11 is 0. The lowest BCUT2D eigenvalue weighted by atomic mass is 9.86. The van der Waals surface area contributed by atoms with E-state index in [-0.39, 0.29) is 6.61 Å². The molecule has 4 rings (SSSR count). The Hall–Kier alpha value is -1.58. The maximum atomic E-state index is 9.35. The second-order valence-electron chi connectivity index (χ2n) is 6.90. The molecule has 2 aromatic rings. The number of aliphatic hydroxyl groups is 1. The number of hydrogen-bond donors (Lipinski definition) is 1. The molecule has 1 N–H and O–H groups in total. The average Bonchev–Trinajstić information content (AvgIpc) is 2.62. The minimum Gasteiger partial charge on any atom is -0.395 e. The quantitative estimate of drug-likeness (QED) is 0.942. The topological polar surface area (TPSA) is 26.7 Å². The second-order valence-corrected chi connectivity index (χ2v) is 6.90. The molecule has 2 aliphatic rings. The van der Waals surface area contributed by atoms with Crippen LogP contribution in [0.5, 0.6) is 0 Å². The Labute approximate surface area is 138 Å². The second kappa shape index (κ2) is 6.50. The standard InChI is InChI=1S/C20H26N2O/c23-14-13-21-11-12-22(20-8-4-3-7-19(20)21)18-10-9-16-5-1-2-6-17(16)15-18/h1-2,5-6,9-10,15,19-20,23H,3-4,7-8,11-14H2/t19-,20-/m1/s1. The number of anilines is 1. The number of benzene rings is 2. The molecule has 0 bridgehead atoms. The van der Waals surface area contributed by atoms with Crippen LogP contribution < -0.4 is 4.90 Å². The maximum absolute atomic E-state index is 9.35. The first-order chi connectivity index (χ1) is 11.4. The highest BCUT2D eigenvalue weighted by Crippen LogP contribution is 2.34. The third kappa shape index (κ3) is 2.84. The SMILES string of the molecule is OCCN1CCN(c2ccc3ccccc3c2)[C@@H]2CCCC[C@H]21. The van der Waals surface area contributed by atoms with Crippen LogP contribution in [0.1, 0.15) is 25.7 Å². The third-order valence-corrected chi connectivity index (χ3v) is 5.64. The smallest absolute Gasteiger partial charge is 0.0558 e. The van der Waals surface area contributed by atoms with Gasteiger partial charge in [-0.05, 0) is 35.7 Å². The largest absolute Gasteiger partial charge is 0.395 e. The highest BCUT2D eigenvalue weighted by molar-refractivity contribution is 5.86. The van der Waals surface area contributed by atoms with Gasteiger partial charge in [0.1, 0.15) is 0 Å². The Morgan fingerprint density at radius 3 is 2.52 bits per heavy atom. The van der Waals surface area contributed by atoms with Crippen molar-refractivity contribution in [1.82, 2.24) is 4.90 Å². The predicted octanol–water partition coefficient (Wildman–Crippen LogP) is 3.27. The summed E-state index contributed by atoms with van der Waals surface area (Å²) in [5.74, 6) is 0. The lowest BCUT2D eigenvalue weighted by Crippen LogP contribution is -2.61. The van der Waals surface area contributed by atoms with Gasteiger partial charge in [-0.2, -0.15) is 0 Å². The molecular weight excluding hydrogens is 284 g/mol. The van der Waals surface area contributed by atoms with Crippen molar-refractivity contribution in [3.63, 3.8) is 0 Å². The number of piperazine rings is 1. The summed E-state index contributed by atoms with van der Waals surface area (Å²) < 4.78 is 0. The summed E-state index contributed by atoms with van der Waals surface area (Å²) in [6.07, 6.45) is 5.21. The lowest BCUT2D eigenvalue weighted by Gasteiger charge is -2.51. The van der Waals surface area contributed by atoms with Crippen molar-refractivity contribution in [2.24, 2.45) is 0 Å². The van der Waals surface area contributed by atoms with Gasteiger partial charge in [-0.15, -0.1) is 0 Å². The molecule has 0 unspecified atom stereocenters. The molecule has 2 fully saturated rings. The normalized spacial score (nSPS) is 25.5. The zero-order valence-electron chi connectivity index (χ0n) is 13.7. The molecular formula is C20H26N2O. The van der Waals surface area contributed by atoms with Gasteiger partial charge in [0.05, 0.1) is 6.61 Å². The van der Waals surface area contributed by atoms with Crippen LogP contribution in [-0.2, 0) is 0 Å². The first kappa shape index (κ1) is 15.0. The predicted molar refractivity (Wildman–Crippen MR) is 96.0 cm³/mol. The van der Waals surface area contributed by atoms with Crippen LogP contribution in [-0.4, -0.2) is 48.3 Å². The fourth-order valence-corrected chi connectivity index (χ4v) is 4.53. The van der Waals surface area contributed by atoms with Gasteiger partial charge in [-0.25, -0.2) is 0 Å². The van der Waals surface area contributed by atoms with E-state index in [2.05, 4.69) is 52.3 Å². The number of aliphatic hydroxyl groups excluding tert-OH is 1. The van der Waals surface area contributed by atoms with E-state index < -0.39 is 0 Å². The molecule has 1 aliphatic heterocycles. The molecule has 2 atom stereocenters. The Kier molecular flexibility index (Phi) is 4.23. The highest BCUT2D eigenvalue weighted by atomic mass is 16.3. The zero-order chi connectivity index (χ0) is 15.6. The molecule has 1 aliphatic carbocycles. The van der Waals surface area contributed by atoms with Crippen molar-refractivity contribution in [2.75, 3.05) is 31.1 Å². The molecule has 2 aromatic carbocycles. The first-order valence-corrected chi connectivity index (χ1v) is 8.97. The Morgan fingerprint density at radius 2 is 1.70 bits per heavy atom. The third-order valence-electron chi connectivity index (χ3n) is 5.64. The maximum Gasteiger partial charge on any atom is 0.0558 e. The molecule has 1 heterocycles. The molecule has 0 spiro atoms. The summed E-state index contributed by atoms with van der Waals surface area (Å²) in [5.41, 5.74) is 1.37. The van der Waals surface area contributed by atoms with Crippen LogP contribution in [0.2, 0.25) is 0 Å². The van der Waals surface area contributed by atoms with E-state index in [9.17, 15) is 5.11 Å². The molecule has 1 saturated heterocycles. The molecule has 23 heavy (non-hydrogen) atoms. The van der Waals surface area contributed by atoms with Crippen LogP contribution in [0, 0.1) is 0 Å². The summed E-state index contributed by atoms with van der Waals surface area (Å²) in [6.45, 7) is 3.24. The van der Waals surface area contributed by atoms with Gasteiger partial charge < -0.3 is 10.0 Å². The van der Waals surface area contributed by atoms with Crippen molar-refractivity contribution < 1.29 is 5.11 Å². The van der Waals surface area contributed by atoms with E-state index in [1.807, 2.05) is 0 Å². The minimum absolute atomic E-state index is 0.277. The lowest BCUT2D eigenvalue weighted by molar-refractivity contribution is 0.0867. The molecule has 0 aromatic heterocycles. The van der Waals surface area contributed by atoms with Gasteiger partial charge in [0, 0.05) is 37.4 Å². The van der Waals surface area contributed by atoms with Crippen molar-refractivity contribution in [3.05, 3.63) is 42.5 Å². The van der Waals surface area contributed by atoms with Crippen molar-refractivity contribution >= 4 is 16.5 Å². The Balaban J connectivity index is 1.64. The van der Waals surface area contributed by atoms with Gasteiger partial charge in [0.15, 0.2) is 0 Å². The fourth-order valence-electron chi connectivity index (χ4n) is 4.53. The van der Waals surface area contributed by atoms with Crippen LogP contribution in [0.25, 0.3) is 10.8 Å². The van der Waals surface area contributed by atoms with Gasteiger partial charge in [0.25, 0.3) is 0 Å². The van der Waals surface area contributed by atoms with E-state index in [4.69, 9.17) is 0 Å². The average molecular weight is 310 g/mol. The number of hydrogen-bond acceptors (Lipinski definition) is 3. The molecule has 122 valence electrons. The monoisotopic (exact) mass is 310 g/mol. The minimum atomic E-state index is 0.277. The highest BCUT2D eigenvalue weighted by Gasteiger charge is 2.37. The Morgan fingerprint density at radius 1 is 0.913 bits per heavy atom. The zero-order valence-corrected chi connectivity index (χ0v) is 13.7. The van der Waals surface area contributed by atoms with Crippen LogP contribution in [0.3, 0.4) is 0 Å². The van der Waals surface area contributed by atoms with Gasteiger partial charge in [-0.1, -0.05) is 43.2 Å². The van der Waals surface area contributed by atoms with Crippen molar-refractivity contribution in [2.45, 2.75) is 37.8 Å². The molecule has 0 radical (unpaired) electrons. The molecule has 0 amide bonds. The summed E-state index contributed by atoms with van der Waals surface area (Å²) in [5, 5.41) is 12.0. The number of fused-ring (bicyclic) bond motifs is 2. The van der Waals surface area contributed by atoms with Crippen LogP contribution in [0.4, 0.5) is 5.69 Å². The number of β-amino-alcohol motifs (C(OH)–C–C–N with tert-alkyl or cyclic N) is 1. The van der Waals surface area contributed by atoms with E-state index >= 15 is 0 Å². The molecule has 3 nitrogen and oxygen atoms in total.